The molecule has 0 bridgehead atoms. The molecule has 0 aromatic heterocycles. The highest BCUT2D eigenvalue weighted by atomic mass is 16.3. The van der Waals surface area contributed by atoms with Crippen molar-refractivity contribution in [1.82, 2.24) is 0 Å². The third kappa shape index (κ3) is 1.63. The lowest BCUT2D eigenvalue weighted by Gasteiger charge is -2.56. The summed E-state index contributed by atoms with van der Waals surface area (Å²) in [6.45, 7) is 5.17. The van der Waals surface area contributed by atoms with E-state index in [0.717, 1.165) is 0 Å². The number of aliphatic hydroxyl groups is 1. The number of fused-ring (bicyclic) bond motifs is 2. The van der Waals surface area contributed by atoms with E-state index in [-0.39, 0.29) is 5.41 Å². The van der Waals surface area contributed by atoms with E-state index in [4.69, 9.17) is 0 Å². The van der Waals surface area contributed by atoms with Crippen LogP contribution < -0.4 is 0 Å². The van der Waals surface area contributed by atoms with Crippen molar-refractivity contribution in [3.05, 3.63) is 23.3 Å². The van der Waals surface area contributed by atoms with Crippen LogP contribution in [0.5, 0.6) is 0 Å². The molecule has 0 saturated heterocycles. The smallest absolute Gasteiger partial charge is 0.0487 e. The van der Waals surface area contributed by atoms with Crippen LogP contribution in [-0.2, 0) is 0 Å². The summed E-state index contributed by atoms with van der Waals surface area (Å²) < 4.78 is 0. The minimum Gasteiger partial charge on any atom is -0.396 e. The first kappa shape index (κ1) is 12.5. The minimum atomic E-state index is 0.159. The molecule has 1 saturated carbocycles. The third-order valence-electron chi connectivity index (χ3n) is 6.07. The molecule has 3 rings (SSSR count). The van der Waals surface area contributed by atoms with E-state index in [0.29, 0.717) is 17.9 Å². The van der Waals surface area contributed by atoms with Gasteiger partial charge < -0.3 is 5.11 Å². The summed E-state index contributed by atoms with van der Waals surface area (Å²) >= 11 is 0. The number of hydrogen-bond acceptors (Lipinski definition) is 1. The fourth-order valence-electron chi connectivity index (χ4n) is 5.10. The second-order valence-electron chi connectivity index (χ2n) is 7.12. The summed E-state index contributed by atoms with van der Waals surface area (Å²) in [6, 6.07) is 0. The molecule has 18 heavy (non-hydrogen) atoms. The Hall–Kier alpha value is -0.560. The molecule has 0 aromatic rings. The molecular formula is C17H26O. The highest BCUT2D eigenvalue weighted by Gasteiger charge is 2.51. The van der Waals surface area contributed by atoms with Gasteiger partial charge in [-0.25, -0.2) is 0 Å². The first-order valence-electron chi connectivity index (χ1n) is 7.60. The van der Waals surface area contributed by atoms with Gasteiger partial charge in [0.05, 0.1) is 0 Å². The summed E-state index contributed by atoms with van der Waals surface area (Å²) in [4.78, 5) is 0. The summed E-state index contributed by atoms with van der Waals surface area (Å²) in [6.07, 6.45) is 13.5. The van der Waals surface area contributed by atoms with E-state index in [9.17, 15) is 5.11 Å². The van der Waals surface area contributed by atoms with Gasteiger partial charge in [0.1, 0.15) is 0 Å². The molecule has 0 aromatic carbocycles. The van der Waals surface area contributed by atoms with Crippen LogP contribution in [0.4, 0.5) is 0 Å². The van der Waals surface area contributed by atoms with Crippen LogP contribution in [0.2, 0.25) is 0 Å². The maximum Gasteiger partial charge on any atom is 0.0487 e. The Bertz CT molecular complexity index is 406. The maximum atomic E-state index is 9.87. The molecule has 0 aliphatic heterocycles. The van der Waals surface area contributed by atoms with Crippen LogP contribution in [0.15, 0.2) is 23.3 Å². The van der Waals surface area contributed by atoms with Gasteiger partial charge in [0.25, 0.3) is 0 Å². The Morgan fingerprint density at radius 3 is 2.89 bits per heavy atom. The molecule has 1 fully saturated rings. The van der Waals surface area contributed by atoms with Crippen LogP contribution in [-0.4, -0.2) is 11.7 Å². The van der Waals surface area contributed by atoms with Crippen molar-refractivity contribution in [3.63, 3.8) is 0 Å². The monoisotopic (exact) mass is 246 g/mol. The van der Waals surface area contributed by atoms with E-state index >= 15 is 0 Å². The summed E-state index contributed by atoms with van der Waals surface area (Å²) in [5.41, 5.74) is 3.89. The van der Waals surface area contributed by atoms with Crippen LogP contribution in [0, 0.1) is 16.7 Å². The van der Waals surface area contributed by atoms with Gasteiger partial charge in [-0.2, -0.15) is 0 Å². The number of rotatable bonds is 1. The highest BCUT2D eigenvalue weighted by molar-refractivity contribution is 5.37. The van der Waals surface area contributed by atoms with E-state index < -0.39 is 0 Å². The average molecular weight is 246 g/mol. The van der Waals surface area contributed by atoms with Crippen molar-refractivity contribution in [2.75, 3.05) is 6.61 Å². The van der Waals surface area contributed by atoms with Gasteiger partial charge in [-0.1, -0.05) is 38.0 Å². The Morgan fingerprint density at radius 2 is 2.11 bits per heavy atom. The zero-order valence-electron chi connectivity index (χ0n) is 11.8. The maximum absolute atomic E-state index is 9.87. The molecule has 3 aliphatic carbocycles. The second-order valence-corrected chi connectivity index (χ2v) is 7.12. The van der Waals surface area contributed by atoms with Crippen molar-refractivity contribution >= 4 is 0 Å². The van der Waals surface area contributed by atoms with Crippen molar-refractivity contribution in [1.29, 1.82) is 0 Å². The molecule has 1 nitrogen and oxygen atoms in total. The van der Waals surface area contributed by atoms with Gasteiger partial charge in [0, 0.05) is 6.61 Å². The predicted octanol–water partition coefficient (Wildman–Crippen LogP) is 4.23. The first-order valence-corrected chi connectivity index (χ1v) is 7.60. The van der Waals surface area contributed by atoms with E-state index in [1.54, 1.807) is 11.1 Å². The largest absolute Gasteiger partial charge is 0.396 e. The van der Waals surface area contributed by atoms with Gasteiger partial charge in [0.15, 0.2) is 0 Å². The normalized spacial score (nSPS) is 43.6. The Balaban J connectivity index is 2.03. The number of allylic oxidation sites excluding steroid dienone is 4. The van der Waals surface area contributed by atoms with Gasteiger partial charge in [-0.3, -0.25) is 0 Å². The van der Waals surface area contributed by atoms with Crippen LogP contribution in [0.1, 0.15) is 58.8 Å². The molecule has 0 spiro atoms. The highest BCUT2D eigenvalue weighted by Crippen LogP contribution is 2.60. The lowest BCUT2D eigenvalue weighted by molar-refractivity contribution is -0.0386. The van der Waals surface area contributed by atoms with Gasteiger partial charge in [0.2, 0.25) is 0 Å². The molecule has 0 radical (unpaired) electrons. The molecule has 3 aliphatic rings. The van der Waals surface area contributed by atoms with Crippen molar-refractivity contribution in [2.45, 2.75) is 58.8 Å². The van der Waals surface area contributed by atoms with Gasteiger partial charge >= 0.3 is 0 Å². The Morgan fingerprint density at radius 1 is 1.28 bits per heavy atom. The summed E-state index contributed by atoms with van der Waals surface area (Å²) in [5, 5.41) is 9.87. The zero-order valence-corrected chi connectivity index (χ0v) is 11.8. The fourth-order valence-corrected chi connectivity index (χ4v) is 5.10. The Labute approximate surface area is 111 Å². The minimum absolute atomic E-state index is 0.159. The number of hydrogen-bond donors (Lipinski definition) is 1. The van der Waals surface area contributed by atoms with E-state index in [2.05, 4.69) is 26.0 Å². The molecule has 0 amide bonds. The lowest BCUT2D eigenvalue weighted by Crippen LogP contribution is -2.48. The molecule has 0 heterocycles. The van der Waals surface area contributed by atoms with E-state index in [1.165, 1.54) is 44.9 Å². The fraction of sp³-hybridized carbons (Fsp3) is 0.765. The van der Waals surface area contributed by atoms with Crippen molar-refractivity contribution in [3.8, 4) is 0 Å². The molecule has 1 N–H and O–H groups in total. The molecule has 3 atom stereocenters. The lowest BCUT2D eigenvalue weighted by atomic mass is 9.49. The summed E-state index contributed by atoms with van der Waals surface area (Å²) in [7, 11) is 0. The van der Waals surface area contributed by atoms with E-state index in [1.807, 2.05) is 0 Å². The third-order valence-corrected chi connectivity index (χ3v) is 6.07. The van der Waals surface area contributed by atoms with Crippen LogP contribution in [0.3, 0.4) is 0 Å². The molecule has 3 unspecified atom stereocenters. The van der Waals surface area contributed by atoms with Gasteiger partial charge in [-0.15, -0.1) is 0 Å². The van der Waals surface area contributed by atoms with Crippen LogP contribution in [0.25, 0.3) is 0 Å². The molecular weight excluding hydrogens is 220 g/mol. The first-order chi connectivity index (χ1) is 8.60. The van der Waals surface area contributed by atoms with Crippen molar-refractivity contribution in [2.24, 2.45) is 16.7 Å². The topological polar surface area (TPSA) is 20.2 Å². The molecule has 1 heteroatoms. The summed E-state index contributed by atoms with van der Waals surface area (Å²) in [5.74, 6) is 0.689. The second kappa shape index (κ2) is 4.23. The zero-order chi connectivity index (χ0) is 12.8. The molecule has 100 valence electrons. The predicted molar refractivity (Wildman–Crippen MR) is 75.3 cm³/mol. The quantitative estimate of drug-likeness (QED) is 0.734. The van der Waals surface area contributed by atoms with Gasteiger partial charge in [-0.05, 0) is 60.8 Å². The number of aliphatic hydroxyl groups excluding tert-OH is 1. The van der Waals surface area contributed by atoms with Crippen LogP contribution >= 0.6 is 0 Å². The Kier molecular flexibility index (Phi) is 2.93. The standard InChI is InChI=1S/C17H26O/c1-16(12-18)10-5-11-17(2)14-7-4-3-6-13(14)8-9-15(16)17/h3,6,15,18H,4-5,7-12H2,1-2H3. The average Bonchev–Trinajstić information content (AvgIpc) is 2.39. The van der Waals surface area contributed by atoms with Crippen molar-refractivity contribution < 1.29 is 5.11 Å². The SMILES string of the molecule is CC1(CO)CCCC2(C)C3=C(C=CCC3)CCC12.